The highest BCUT2D eigenvalue weighted by molar-refractivity contribution is 6.25. The maximum atomic E-state index is 6.86. The van der Waals surface area contributed by atoms with Crippen LogP contribution in [0.15, 0.2) is 162 Å². The quantitative estimate of drug-likeness (QED) is 0.193. The number of hydrogen-bond acceptors (Lipinski definition) is 4. The van der Waals surface area contributed by atoms with Gasteiger partial charge in [0.15, 0.2) is 17.5 Å². The number of nitrogens with zero attached hydrogens (tertiary/aromatic N) is 4. The van der Waals surface area contributed by atoms with Crippen LogP contribution in [0.25, 0.3) is 106 Å². The molecule has 0 unspecified atom stereocenters. The van der Waals surface area contributed by atoms with Gasteiger partial charge in [-0.3, -0.25) is 0 Å². The summed E-state index contributed by atoms with van der Waals surface area (Å²) in [5, 5.41) is 4.57. The molecule has 3 aromatic heterocycles. The van der Waals surface area contributed by atoms with E-state index >= 15 is 0 Å². The summed E-state index contributed by atoms with van der Waals surface area (Å²) < 4.78 is 9.30. The van der Waals surface area contributed by atoms with Crippen LogP contribution in [0, 0.1) is 0 Å². The van der Waals surface area contributed by atoms with Crippen LogP contribution in [0.3, 0.4) is 0 Å². The van der Waals surface area contributed by atoms with Gasteiger partial charge < -0.3 is 8.98 Å². The zero-order valence-corrected chi connectivity index (χ0v) is 26.7. The Kier molecular flexibility index (Phi) is 5.60. The summed E-state index contributed by atoms with van der Waals surface area (Å²) in [6.45, 7) is 0. The molecule has 7 aromatic carbocycles. The van der Waals surface area contributed by atoms with Gasteiger partial charge in [0, 0.05) is 49.4 Å². The van der Waals surface area contributed by atoms with Gasteiger partial charge in [-0.2, -0.15) is 0 Å². The smallest absolute Gasteiger partial charge is 0.167 e. The number of furan rings is 1. The normalized spacial score (nSPS) is 12.0. The maximum absolute atomic E-state index is 6.86. The molecule has 0 aliphatic carbocycles. The van der Waals surface area contributed by atoms with Crippen LogP contribution in [0.4, 0.5) is 0 Å². The molecule has 5 nitrogen and oxygen atoms in total. The van der Waals surface area contributed by atoms with Gasteiger partial charge in [0.1, 0.15) is 11.2 Å². The largest absolute Gasteiger partial charge is 0.455 e. The molecule has 0 N–H and O–H groups in total. The molecule has 50 heavy (non-hydrogen) atoms. The predicted molar refractivity (Wildman–Crippen MR) is 202 cm³/mol. The molecule has 0 saturated heterocycles. The van der Waals surface area contributed by atoms with Crippen molar-refractivity contribution in [1.82, 2.24) is 19.5 Å². The maximum Gasteiger partial charge on any atom is 0.167 e. The van der Waals surface area contributed by atoms with E-state index < -0.39 is 0 Å². The van der Waals surface area contributed by atoms with Gasteiger partial charge in [-0.05, 0) is 29.8 Å². The fraction of sp³-hybridized carbons (Fsp3) is 0. The Morgan fingerprint density at radius 3 is 1.82 bits per heavy atom. The first kappa shape index (κ1) is 27.1. The highest BCUT2D eigenvalue weighted by atomic mass is 16.3. The summed E-state index contributed by atoms with van der Waals surface area (Å²) >= 11 is 0. The second-order valence-corrected chi connectivity index (χ2v) is 12.8. The Hall–Kier alpha value is -6.85. The molecule has 5 heteroatoms. The van der Waals surface area contributed by atoms with Gasteiger partial charge in [0.25, 0.3) is 0 Å². The van der Waals surface area contributed by atoms with Crippen molar-refractivity contribution >= 4 is 43.7 Å². The lowest BCUT2D eigenvalue weighted by Gasteiger charge is -2.15. The molecule has 0 amide bonds. The first-order valence-corrected chi connectivity index (χ1v) is 16.8. The summed E-state index contributed by atoms with van der Waals surface area (Å²) in [6, 6.07) is 54.9. The van der Waals surface area contributed by atoms with Crippen molar-refractivity contribution in [3.63, 3.8) is 0 Å². The van der Waals surface area contributed by atoms with E-state index in [-0.39, 0.29) is 0 Å². The highest BCUT2D eigenvalue weighted by Crippen LogP contribution is 2.52. The van der Waals surface area contributed by atoms with Crippen molar-refractivity contribution in [2.45, 2.75) is 0 Å². The van der Waals surface area contributed by atoms with Crippen LogP contribution in [-0.2, 0) is 0 Å². The van der Waals surface area contributed by atoms with Crippen LogP contribution in [0.5, 0.6) is 0 Å². The number of para-hydroxylation sites is 4. The number of hydrogen-bond donors (Lipinski definition) is 0. The molecule has 232 valence electrons. The molecule has 0 fully saturated rings. The number of aromatic nitrogens is 4. The van der Waals surface area contributed by atoms with E-state index in [1.165, 1.54) is 27.4 Å². The standard InChI is InChI=1S/C45H26N4O/c1-3-14-27(15-4-1)43-46-44(28-16-5-2-6-17-28)48-45(47-43)35-26-34-30-19-8-11-24-37(30)49-36-23-10-7-18-29(36)31-21-13-22-33(41(31)49)39(34)40-32-20-9-12-25-38(32)50-42(35)40/h1-26H. The fourth-order valence-electron chi connectivity index (χ4n) is 7.85. The second kappa shape index (κ2) is 10.3. The van der Waals surface area contributed by atoms with Crippen LogP contribution < -0.4 is 0 Å². The van der Waals surface area contributed by atoms with Crippen molar-refractivity contribution in [1.29, 1.82) is 0 Å². The Balaban J connectivity index is 1.32. The lowest BCUT2D eigenvalue weighted by molar-refractivity contribution is 0.669. The van der Waals surface area contributed by atoms with Crippen molar-refractivity contribution in [2.75, 3.05) is 0 Å². The minimum atomic E-state index is 0.564. The van der Waals surface area contributed by atoms with Crippen molar-refractivity contribution in [2.24, 2.45) is 0 Å². The lowest BCUT2D eigenvalue weighted by atomic mass is 9.88. The van der Waals surface area contributed by atoms with Crippen molar-refractivity contribution in [3.05, 3.63) is 158 Å². The minimum Gasteiger partial charge on any atom is -0.455 e. The van der Waals surface area contributed by atoms with Crippen LogP contribution in [0.1, 0.15) is 0 Å². The molecule has 11 rings (SSSR count). The van der Waals surface area contributed by atoms with Crippen molar-refractivity contribution in [3.8, 4) is 62.1 Å². The average Bonchev–Trinajstić information content (AvgIpc) is 3.71. The van der Waals surface area contributed by atoms with Gasteiger partial charge in [-0.1, -0.05) is 133 Å². The monoisotopic (exact) mass is 638 g/mol. The molecule has 1 aliphatic heterocycles. The van der Waals surface area contributed by atoms with E-state index in [4.69, 9.17) is 19.4 Å². The number of fused-ring (bicyclic) bond motifs is 12. The van der Waals surface area contributed by atoms with E-state index in [1.54, 1.807) is 0 Å². The van der Waals surface area contributed by atoms with Gasteiger partial charge in [0.05, 0.1) is 22.3 Å². The van der Waals surface area contributed by atoms with Gasteiger partial charge in [0.2, 0.25) is 0 Å². The van der Waals surface area contributed by atoms with Crippen LogP contribution in [-0.4, -0.2) is 19.5 Å². The highest BCUT2D eigenvalue weighted by Gasteiger charge is 2.30. The first-order chi connectivity index (χ1) is 24.8. The Labute approximate surface area is 286 Å². The molecule has 0 atom stereocenters. The summed E-state index contributed by atoms with van der Waals surface area (Å²) in [7, 11) is 0. The summed E-state index contributed by atoms with van der Waals surface area (Å²) in [5.74, 6) is 1.79. The molecule has 0 saturated carbocycles. The average molecular weight is 639 g/mol. The second-order valence-electron chi connectivity index (χ2n) is 12.8. The molecular weight excluding hydrogens is 613 g/mol. The predicted octanol–water partition coefficient (Wildman–Crippen LogP) is 11.5. The van der Waals surface area contributed by atoms with Gasteiger partial charge >= 0.3 is 0 Å². The van der Waals surface area contributed by atoms with E-state index in [1.807, 2.05) is 72.8 Å². The zero-order valence-electron chi connectivity index (χ0n) is 26.7. The molecule has 0 radical (unpaired) electrons. The Morgan fingerprint density at radius 2 is 1.04 bits per heavy atom. The topological polar surface area (TPSA) is 56.7 Å². The Bertz CT molecular complexity index is 2920. The summed E-state index contributed by atoms with van der Waals surface area (Å²) in [5.41, 5.74) is 12.3. The Morgan fingerprint density at radius 1 is 0.440 bits per heavy atom. The molecule has 1 aliphatic rings. The van der Waals surface area contributed by atoms with Gasteiger partial charge in [-0.15, -0.1) is 0 Å². The van der Waals surface area contributed by atoms with Crippen LogP contribution >= 0.6 is 0 Å². The third-order valence-electron chi connectivity index (χ3n) is 9.99. The summed E-state index contributed by atoms with van der Waals surface area (Å²) in [4.78, 5) is 15.3. The molecule has 10 aromatic rings. The SMILES string of the molecule is c1ccc(-c2nc(-c3ccccc3)nc(-c3cc4c(c5c3oc3ccccc35)-c3cccc5c6ccccc6n(c35)-c3ccccc3-4)n2)cc1. The van der Waals surface area contributed by atoms with E-state index in [2.05, 4.69) is 89.5 Å². The summed E-state index contributed by atoms with van der Waals surface area (Å²) in [6.07, 6.45) is 0. The fourth-order valence-corrected chi connectivity index (χ4v) is 7.85. The zero-order chi connectivity index (χ0) is 32.8. The van der Waals surface area contributed by atoms with Crippen LogP contribution in [0.2, 0.25) is 0 Å². The lowest BCUT2D eigenvalue weighted by Crippen LogP contribution is -2.01. The third kappa shape index (κ3) is 3.80. The van der Waals surface area contributed by atoms with E-state index in [0.717, 1.165) is 61.0 Å². The molecule has 0 spiro atoms. The molecule has 4 heterocycles. The van der Waals surface area contributed by atoms with Crippen molar-refractivity contribution < 1.29 is 4.42 Å². The number of benzene rings is 7. The first-order valence-electron chi connectivity index (χ1n) is 16.8. The molecule has 0 bridgehead atoms. The minimum absolute atomic E-state index is 0.564. The third-order valence-corrected chi connectivity index (χ3v) is 9.99. The van der Waals surface area contributed by atoms with E-state index in [0.29, 0.717) is 17.5 Å². The number of rotatable bonds is 3. The van der Waals surface area contributed by atoms with Gasteiger partial charge in [-0.25, -0.2) is 15.0 Å². The van der Waals surface area contributed by atoms with E-state index in [9.17, 15) is 0 Å². The molecular formula is C45H26N4O.